The lowest BCUT2D eigenvalue weighted by atomic mass is 10.1. The highest BCUT2D eigenvalue weighted by Crippen LogP contribution is 2.27. The summed E-state index contributed by atoms with van der Waals surface area (Å²) in [5.74, 6) is 0.906. The minimum absolute atomic E-state index is 0. The summed E-state index contributed by atoms with van der Waals surface area (Å²) in [4.78, 5) is 4.31. The van der Waals surface area contributed by atoms with Crippen LogP contribution in [0.2, 0.25) is 5.02 Å². The maximum atomic E-state index is 6.00. The third kappa shape index (κ3) is 6.54. The molecule has 0 saturated heterocycles. The molecule has 0 radical (unpaired) electrons. The minimum atomic E-state index is 0. The van der Waals surface area contributed by atoms with Gasteiger partial charge in [-0.25, -0.2) is 0 Å². The van der Waals surface area contributed by atoms with Crippen molar-refractivity contribution in [2.45, 2.75) is 37.0 Å². The van der Waals surface area contributed by atoms with E-state index >= 15 is 0 Å². The van der Waals surface area contributed by atoms with Crippen LogP contribution in [0.25, 0.3) is 0 Å². The number of rotatable bonds is 5. The van der Waals surface area contributed by atoms with Crippen LogP contribution in [0.5, 0.6) is 0 Å². The van der Waals surface area contributed by atoms with Gasteiger partial charge >= 0.3 is 0 Å². The summed E-state index contributed by atoms with van der Waals surface area (Å²) in [6.07, 6.45) is 6.92. The van der Waals surface area contributed by atoms with Gasteiger partial charge in [-0.2, -0.15) is 11.8 Å². The molecule has 2 unspecified atom stereocenters. The lowest BCUT2D eigenvalue weighted by molar-refractivity contribution is 0.614. The van der Waals surface area contributed by atoms with E-state index in [-0.39, 0.29) is 24.0 Å². The summed E-state index contributed by atoms with van der Waals surface area (Å²) >= 11 is 7.97. The number of nitrogens with one attached hydrogen (secondary N) is 2. The van der Waals surface area contributed by atoms with E-state index in [1.54, 1.807) is 0 Å². The molecule has 0 aromatic heterocycles. The molecule has 0 amide bonds. The molecule has 0 bridgehead atoms. The van der Waals surface area contributed by atoms with E-state index in [9.17, 15) is 0 Å². The van der Waals surface area contributed by atoms with Crippen LogP contribution in [-0.2, 0) is 6.42 Å². The van der Waals surface area contributed by atoms with Crippen LogP contribution in [-0.4, -0.2) is 37.1 Å². The van der Waals surface area contributed by atoms with Crippen LogP contribution in [0.4, 0.5) is 0 Å². The van der Waals surface area contributed by atoms with E-state index in [0.29, 0.717) is 6.04 Å². The zero-order valence-corrected chi connectivity index (χ0v) is 17.0. The first-order valence-electron chi connectivity index (χ1n) is 7.45. The first-order chi connectivity index (χ1) is 10.2. The highest BCUT2D eigenvalue weighted by atomic mass is 127. The Labute approximate surface area is 160 Å². The van der Waals surface area contributed by atoms with Crippen molar-refractivity contribution in [3.8, 4) is 0 Å². The predicted octanol–water partition coefficient (Wildman–Crippen LogP) is 3.95. The van der Waals surface area contributed by atoms with Crippen LogP contribution in [0.3, 0.4) is 0 Å². The Bertz CT molecular complexity index is 484. The van der Waals surface area contributed by atoms with Crippen LogP contribution in [0.15, 0.2) is 29.3 Å². The van der Waals surface area contributed by atoms with Crippen LogP contribution in [0, 0.1) is 0 Å². The highest BCUT2D eigenvalue weighted by molar-refractivity contribution is 14.0. The molecule has 1 aliphatic rings. The summed E-state index contributed by atoms with van der Waals surface area (Å²) in [6.45, 7) is 0.860. The molecule has 0 aliphatic heterocycles. The normalized spacial score (nSPS) is 21.3. The molecule has 1 fully saturated rings. The molecule has 6 heteroatoms. The SMILES string of the molecule is CN=C(NCCc1cccc(Cl)c1)NC1CCC(SC)C1.I. The highest BCUT2D eigenvalue weighted by Gasteiger charge is 2.24. The van der Waals surface area contributed by atoms with Gasteiger partial charge in [0.05, 0.1) is 0 Å². The summed E-state index contributed by atoms with van der Waals surface area (Å²) in [5.41, 5.74) is 1.24. The van der Waals surface area contributed by atoms with E-state index in [0.717, 1.165) is 29.2 Å². The zero-order chi connectivity index (χ0) is 15.1. The fourth-order valence-electron chi connectivity index (χ4n) is 2.69. The summed E-state index contributed by atoms with van der Waals surface area (Å²) in [6, 6.07) is 8.57. The van der Waals surface area contributed by atoms with Crippen molar-refractivity contribution in [3.63, 3.8) is 0 Å². The smallest absolute Gasteiger partial charge is 0.191 e. The van der Waals surface area contributed by atoms with Crippen LogP contribution in [0.1, 0.15) is 24.8 Å². The first-order valence-corrected chi connectivity index (χ1v) is 9.12. The standard InChI is InChI=1S/C16H24ClN3S.HI/c1-18-16(20-14-6-7-15(11-14)21-2)19-9-8-12-4-3-5-13(17)10-12;/h3-5,10,14-15H,6-9,11H2,1-2H3,(H2,18,19,20);1H. The quantitative estimate of drug-likeness (QED) is 0.403. The molecule has 2 atom stereocenters. The Hall–Kier alpha value is -0.140. The molecule has 2 rings (SSSR count). The number of guanidine groups is 1. The first kappa shape index (κ1) is 19.9. The third-order valence-corrected chi connectivity index (χ3v) is 5.21. The number of thioether (sulfide) groups is 1. The van der Waals surface area contributed by atoms with Crippen molar-refractivity contribution in [1.29, 1.82) is 0 Å². The number of aliphatic imine (C=N–C) groups is 1. The maximum Gasteiger partial charge on any atom is 0.191 e. The predicted molar refractivity (Wildman–Crippen MR) is 110 cm³/mol. The molecule has 1 aromatic carbocycles. The second kappa shape index (κ2) is 10.6. The lowest BCUT2D eigenvalue weighted by Gasteiger charge is -2.17. The molecule has 1 aliphatic carbocycles. The van der Waals surface area contributed by atoms with Gasteiger partial charge in [-0.3, -0.25) is 4.99 Å². The summed E-state index contributed by atoms with van der Waals surface area (Å²) < 4.78 is 0. The Balaban J connectivity index is 0.00000242. The second-order valence-corrected chi connectivity index (χ2v) is 6.97. The molecule has 22 heavy (non-hydrogen) atoms. The van der Waals surface area contributed by atoms with Crippen LogP contribution >= 0.6 is 47.3 Å². The molecule has 1 saturated carbocycles. The van der Waals surface area contributed by atoms with Gasteiger partial charge < -0.3 is 10.6 Å². The molecule has 3 nitrogen and oxygen atoms in total. The van der Waals surface area contributed by atoms with Gasteiger partial charge in [-0.05, 0) is 49.6 Å². The van der Waals surface area contributed by atoms with Crippen molar-refractivity contribution in [2.24, 2.45) is 4.99 Å². The van der Waals surface area contributed by atoms with E-state index in [1.165, 1.54) is 24.8 Å². The Morgan fingerprint density at radius 1 is 1.41 bits per heavy atom. The molecule has 0 spiro atoms. The fraction of sp³-hybridized carbons (Fsp3) is 0.562. The van der Waals surface area contributed by atoms with E-state index < -0.39 is 0 Å². The van der Waals surface area contributed by atoms with Gasteiger partial charge in [0.1, 0.15) is 0 Å². The maximum absolute atomic E-state index is 6.00. The largest absolute Gasteiger partial charge is 0.356 e. The minimum Gasteiger partial charge on any atom is -0.356 e. The molecular weight excluding hydrogens is 429 g/mol. The monoisotopic (exact) mass is 453 g/mol. The van der Waals surface area contributed by atoms with Crippen molar-refractivity contribution in [2.75, 3.05) is 19.8 Å². The van der Waals surface area contributed by atoms with E-state index in [2.05, 4.69) is 27.9 Å². The number of benzene rings is 1. The van der Waals surface area contributed by atoms with Crippen molar-refractivity contribution in [3.05, 3.63) is 34.9 Å². The number of hydrogen-bond acceptors (Lipinski definition) is 2. The molecule has 124 valence electrons. The van der Waals surface area contributed by atoms with Crippen molar-refractivity contribution >= 4 is 53.3 Å². The number of nitrogens with zero attached hydrogens (tertiary/aromatic N) is 1. The Kier molecular flexibility index (Phi) is 9.59. The molecular formula is C16H25ClIN3S. The third-order valence-electron chi connectivity index (χ3n) is 3.88. The summed E-state index contributed by atoms with van der Waals surface area (Å²) in [5, 5.41) is 8.51. The average Bonchev–Trinajstić information content (AvgIpc) is 2.94. The molecule has 0 heterocycles. The fourth-order valence-corrected chi connectivity index (χ4v) is 3.70. The Morgan fingerprint density at radius 2 is 2.23 bits per heavy atom. The lowest BCUT2D eigenvalue weighted by Crippen LogP contribution is -2.43. The van der Waals surface area contributed by atoms with Gasteiger partial charge in [0.25, 0.3) is 0 Å². The second-order valence-electron chi connectivity index (χ2n) is 5.39. The Morgan fingerprint density at radius 3 is 2.86 bits per heavy atom. The van der Waals surface area contributed by atoms with E-state index in [4.69, 9.17) is 11.6 Å². The van der Waals surface area contributed by atoms with Gasteiger partial charge in [-0.1, -0.05) is 23.7 Å². The summed E-state index contributed by atoms with van der Waals surface area (Å²) in [7, 11) is 1.83. The van der Waals surface area contributed by atoms with Gasteiger partial charge in [0.2, 0.25) is 0 Å². The average molecular weight is 454 g/mol. The van der Waals surface area contributed by atoms with Crippen molar-refractivity contribution in [1.82, 2.24) is 10.6 Å². The number of hydrogen-bond donors (Lipinski definition) is 2. The van der Waals surface area contributed by atoms with Crippen LogP contribution < -0.4 is 10.6 Å². The molecule has 1 aromatic rings. The number of halogens is 2. The van der Waals surface area contributed by atoms with Gasteiger partial charge in [0.15, 0.2) is 5.96 Å². The topological polar surface area (TPSA) is 36.4 Å². The van der Waals surface area contributed by atoms with Gasteiger partial charge in [-0.15, -0.1) is 24.0 Å². The zero-order valence-electron chi connectivity index (χ0n) is 13.1. The van der Waals surface area contributed by atoms with Gasteiger partial charge in [0, 0.05) is 29.9 Å². The van der Waals surface area contributed by atoms with E-state index in [1.807, 2.05) is 37.0 Å². The van der Waals surface area contributed by atoms with Crippen molar-refractivity contribution < 1.29 is 0 Å². The molecule has 2 N–H and O–H groups in total.